The summed E-state index contributed by atoms with van der Waals surface area (Å²) in [4.78, 5) is 4.61. The SMILES string of the molecule is COc1cccc2c1nc(CCl)n2Cc1cnn(C)c1C. The molecule has 6 heteroatoms. The molecule has 3 rings (SSSR count). The van der Waals surface area contributed by atoms with E-state index >= 15 is 0 Å². The molecule has 2 heterocycles. The Hall–Kier alpha value is -2.01. The molecular formula is C15H17ClN4O. The van der Waals surface area contributed by atoms with Crippen molar-refractivity contribution in [3.05, 3.63) is 41.5 Å². The van der Waals surface area contributed by atoms with Gasteiger partial charge >= 0.3 is 0 Å². The summed E-state index contributed by atoms with van der Waals surface area (Å²) < 4.78 is 9.37. The third kappa shape index (κ3) is 2.27. The van der Waals surface area contributed by atoms with Crippen molar-refractivity contribution < 1.29 is 4.74 Å². The van der Waals surface area contributed by atoms with Crippen molar-refractivity contribution in [2.45, 2.75) is 19.3 Å². The van der Waals surface area contributed by atoms with E-state index in [4.69, 9.17) is 16.3 Å². The third-order valence-electron chi connectivity index (χ3n) is 3.83. The highest BCUT2D eigenvalue weighted by Gasteiger charge is 2.15. The Labute approximate surface area is 128 Å². The topological polar surface area (TPSA) is 44.9 Å². The van der Waals surface area contributed by atoms with Gasteiger partial charge in [-0.25, -0.2) is 4.98 Å². The average molecular weight is 305 g/mol. The zero-order valence-corrected chi connectivity index (χ0v) is 13.1. The summed E-state index contributed by atoms with van der Waals surface area (Å²) in [6.07, 6.45) is 1.89. The Bertz CT molecular complexity index is 790. The number of aromatic nitrogens is 4. The van der Waals surface area contributed by atoms with Gasteiger partial charge in [-0.2, -0.15) is 5.10 Å². The van der Waals surface area contributed by atoms with Gasteiger partial charge in [0.1, 0.15) is 17.1 Å². The lowest BCUT2D eigenvalue weighted by molar-refractivity contribution is 0.419. The van der Waals surface area contributed by atoms with E-state index < -0.39 is 0 Å². The highest BCUT2D eigenvalue weighted by atomic mass is 35.5. The molecule has 0 saturated carbocycles. The van der Waals surface area contributed by atoms with Gasteiger partial charge in [-0.3, -0.25) is 4.68 Å². The number of alkyl halides is 1. The molecule has 0 unspecified atom stereocenters. The van der Waals surface area contributed by atoms with Crippen LogP contribution in [0, 0.1) is 6.92 Å². The van der Waals surface area contributed by atoms with Gasteiger partial charge in [-0.1, -0.05) is 6.07 Å². The largest absolute Gasteiger partial charge is 0.494 e. The Morgan fingerprint density at radius 1 is 1.33 bits per heavy atom. The number of fused-ring (bicyclic) bond motifs is 1. The standard InChI is InChI=1S/C15H17ClN4O/c1-10-11(8-17-19(10)2)9-20-12-5-4-6-13(21-3)15(12)18-14(20)7-16/h4-6,8H,7,9H2,1-3H3. The lowest BCUT2D eigenvalue weighted by atomic mass is 10.2. The fourth-order valence-electron chi connectivity index (χ4n) is 2.48. The van der Waals surface area contributed by atoms with Gasteiger partial charge in [0.2, 0.25) is 0 Å². The Kier molecular flexibility index (Phi) is 3.59. The molecule has 5 nitrogen and oxygen atoms in total. The first kappa shape index (κ1) is 13.9. The van der Waals surface area contributed by atoms with Crippen LogP contribution in [-0.2, 0) is 19.5 Å². The molecule has 0 fully saturated rings. The van der Waals surface area contributed by atoms with E-state index in [0.717, 1.165) is 33.9 Å². The van der Waals surface area contributed by atoms with Gasteiger partial charge in [-0.05, 0) is 19.1 Å². The van der Waals surface area contributed by atoms with Crippen LogP contribution in [0.25, 0.3) is 11.0 Å². The zero-order valence-electron chi connectivity index (χ0n) is 12.3. The van der Waals surface area contributed by atoms with Gasteiger partial charge in [0.25, 0.3) is 0 Å². The van der Waals surface area contributed by atoms with Crippen LogP contribution in [0.1, 0.15) is 17.1 Å². The number of halogens is 1. The van der Waals surface area contributed by atoms with Gasteiger partial charge in [0.15, 0.2) is 0 Å². The van der Waals surface area contributed by atoms with Crippen molar-refractivity contribution in [2.75, 3.05) is 7.11 Å². The van der Waals surface area contributed by atoms with Crippen molar-refractivity contribution in [3.8, 4) is 5.75 Å². The van der Waals surface area contributed by atoms with E-state index in [-0.39, 0.29) is 0 Å². The van der Waals surface area contributed by atoms with E-state index in [2.05, 4.69) is 21.6 Å². The molecule has 0 aliphatic heterocycles. The second-order valence-corrected chi connectivity index (χ2v) is 5.22. The first-order valence-electron chi connectivity index (χ1n) is 6.71. The maximum absolute atomic E-state index is 6.07. The van der Waals surface area contributed by atoms with Crippen molar-refractivity contribution in [3.63, 3.8) is 0 Å². The summed E-state index contributed by atoms with van der Waals surface area (Å²) in [7, 11) is 3.59. The molecule has 3 aromatic rings. The number of hydrogen-bond donors (Lipinski definition) is 0. The van der Waals surface area contributed by atoms with Crippen LogP contribution in [-0.4, -0.2) is 26.4 Å². The second-order valence-electron chi connectivity index (χ2n) is 4.95. The van der Waals surface area contributed by atoms with Crippen molar-refractivity contribution in [1.82, 2.24) is 19.3 Å². The van der Waals surface area contributed by atoms with Crippen LogP contribution in [0.5, 0.6) is 5.75 Å². The van der Waals surface area contributed by atoms with Crippen LogP contribution >= 0.6 is 11.6 Å². The molecule has 0 spiro atoms. The summed E-state index contributed by atoms with van der Waals surface area (Å²) in [6.45, 7) is 2.76. The molecule has 0 atom stereocenters. The summed E-state index contributed by atoms with van der Waals surface area (Å²) in [6, 6.07) is 5.91. The number of para-hydroxylation sites is 1. The fraction of sp³-hybridized carbons (Fsp3) is 0.333. The number of nitrogens with zero attached hydrogens (tertiary/aromatic N) is 4. The molecule has 2 aromatic heterocycles. The molecule has 0 radical (unpaired) electrons. The molecule has 0 aliphatic carbocycles. The van der Waals surface area contributed by atoms with Gasteiger partial charge in [0.05, 0.1) is 31.2 Å². The molecule has 0 bridgehead atoms. The molecule has 1 aromatic carbocycles. The van der Waals surface area contributed by atoms with Gasteiger partial charge in [-0.15, -0.1) is 11.6 Å². The summed E-state index contributed by atoms with van der Waals surface area (Å²) in [5.74, 6) is 1.96. The molecule has 0 saturated heterocycles. The van der Waals surface area contributed by atoms with E-state index in [1.165, 1.54) is 0 Å². The van der Waals surface area contributed by atoms with E-state index in [1.54, 1.807) is 7.11 Å². The highest BCUT2D eigenvalue weighted by molar-refractivity contribution is 6.16. The minimum Gasteiger partial charge on any atom is -0.494 e. The van der Waals surface area contributed by atoms with Crippen molar-refractivity contribution in [1.29, 1.82) is 0 Å². The van der Waals surface area contributed by atoms with Crippen LogP contribution in [0.15, 0.2) is 24.4 Å². The lowest BCUT2D eigenvalue weighted by Crippen LogP contribution is -2.05. The second kappa shape index (κ2) is 5.41. The average Bonchev–Trinajstić information content (AvgIpc) is 3.02. The number of methoxy groups -OCH3 is 1. The lowest BCUT2D eigenvalue weighted by Gasteiger charge is -2.08. The number of benzene rings is 1. The van der Waals surface area contributed by atoms with E-state index in [0.29, 0.717) is 12.4 Å². The van der Waals surface area contributed by atoms with Gasteiger partial charge < -0.3 is 9.30 Å². The normalized spacial score (nSPS) is 11.2. The van der Waals surface area contributed by atoms with Crippen molar-refractivity contribution in [2.24, 2.45) is 7.05 Å². The summed E-state index contributed by atoms with van der Waals surface area (Å²) in [5.41, 5.74) is 4.16. The molecule has 110 valence electrons. The van der Waals surface area contributed by atoms with Gasteiger partial charge in [0, 0.05) is 18.3 Å². The maximum Gasteiger partial charge on any atom is 0.146 e. The predicted octanol–water partition coefficient (Wildman–Crippen LogP) is 2.87. The Morgan fingerprint density at radius 3 is 2.76 bits per heavy atom. The number of hydrogen-bond acceptors (Lipinski definition) is 3. The van der Waals surface area contributed by atoms with E-state index in [9.17, 15) is 0 Å². The first-order valence-corrected chi connectivity index (χ1v) is 7.24. The first-order chi connectivity index (χ1) is 10.2. The molecule has 21 heavy (non-hydrogen) atoms. The molecule has 0 amide bonds. The zero-order chi connectivity index (χ0) is 15.0. The minimum absolute atomic E-state index is 0.358. The smallest absolute Gasteiger partial charge is 0.146 e. The Morgan fingerprint density at radius 2 is 2.14 bits per heavy atom. The van der Waals surface area contributed by atoms with Crippen LogP contribution in [0.2, 0.25) is 0 Å². The summed E-state index contributed by atoms with van der Waals surface area (Å²) in [5, 5.41) is 4.29. The monoisotopic (exact) mass is 304 g/mol. The van der Waals surface area contributed by atoms with Crippen LogP contribution in [0.4, 0.5) is 0 Å². The molecular weight excluding hydrogens is 288 g/mol. The summed E-state index contributed by atoms with van der Waals surface area (Å²) >= 11 is 6.07. The number of ether oxygens (including phenoxy) is 1. The van der Waals surface area contributed by atoms with Crippen LogP contribution < -0.4 is 4.74 Å². The predicted molar refractivity (Wildman–Crippen MR) is 82.9 cm³/mol. The highest BCUT2D eigenvalue weighted by Crippen LogP contribution is 2.27. The van der Waals surface area contributed by atoms with E-state index in [1.807, 2.05) is 36.1 Å². The van der Waals surface area contributed by atoms with Crippen molar-refractivity contribution >= 4 is 22.6 Å². The number of rotatable bonds is 4. The molecule has 0 N–H and O–H groups in total. The Balaban J connectivity index is 2.15. The molecule has 0 aliphatic rings. The minimum atomic E-state index is 0.358. The van der Waals surface area contributed by atoms with Crippen LogP contribution in [0.3, 0.4) is 0 Å². The number of aryl methyl sites for hydroxylation is 1. The fourth-order valence-corrected chi connectivity index (χ4v) is 2.69. The number of imidazole rings is 1. The quantitative estimate of drug-likeness (QED) is 0.696. The maximum atomic E-state index is 6.07. The third-order valence-corrected chi connectivity index (χ3v) is 4.06.